The summed E-state index contributed by atoms with van der Waals surface area (Å²) in [6, 6.07) is 0.548. The van der Waals surface area contributed by atoms with Gasteiger partial charge in [0.25, 0.3) is 0 Å². The monoisotopic (exact) mass is 249 g/mol. The second kappa shape index (κ2) is 5.41. The van der Waals surface area contributed by atoms with Crippen LogP contribution in [0.25, 0.3) is 0 Å². The van der Waals surface area contributed by atoms with Crippen LogP contribution in [0, 0.1) is 5.92 Å². The van der Waals surface area contributed by atoms with Gasteiger partial charge in [-0.05, 0) is 31.6 Å². The Morgan fingerprint density at radius 1 is 1.44 bits per heavy atom. The minimum absolute atomic E-state index is 0.468. The molecule has 1 aliphatic heterocycles. The second-order valence-corrected chi connectivity index (χ2v) is 5.56. The fraction of sp³-hybridized carbons (Fsp3) is 0.786. The Morgan fingerprint density at radius 3 is 3.11 bits per heavy atom. The molecular weight excluding hydrogens is 226 g/mol. The quantitative estimate of drug-likeness (QED) is 0.837. The highest BCUT2D eigenvalue weighted by Crippen LogP contribution is 2.38. The summed E-state index contributed by atoms with van der Waals surface area (Å²) >= 11 is 0. The molecule has 0 amide bonds. The van der Waals surface area contributed by atoms with Gasteiger partial charge in [-0.25, -0.2) is 0 Å². The van der Waals surface area contributed by atoms with Crippen LogP contribution in [0.15, 0.2) is 12.4 Å². The first kappa shape index (κ1) is 12.2. The fourth-order valence-corrected chi connectivity index (χ4v) is 2.82. The molecule has 1 aliphatic carbocycles. The Hall–Kier alpha value is -0.870. The summed E-state index contributed by atoms with van der Waals surface area (Å²) in [7, 11) is 0. The smallest absolute Gasteiger partial charge is 0.0757 e. The molecule has 0 radical (unpaired) electrons. The molecule has 4 heteroatoms. The molecule has 0 bridgehead atoms. The van der Waals surface area contributed by atoms with Gasteiger partial charge < -0.3 is 10.1 Å². The van der Waals surface area contributed by atoms with Gasteiger partial charge in [-0.3, -0.25) is 4.68 Å². The zero-order valence-electron chi connectivity index (χ0n) is 11.1. The Kier molecular flexibility index (Phi) is 3.66. The summed E-state index contributed by atoms with van der Waals surface area (Å²) in [6.07, 6.45) is 9.60. The highest BCUT2D eigenvalue weighted by molar-refractivity contribution is 5.04. The molecule has 2 atom stereocenters. The summed E-state index contributed by atoms with van der Waals surface area (Å²) < 4.78 is 7.87. The molecule has 2 unspecified atom stereocenters. The van der Waals surface area contributed by atoms with E-state index >= 15 is 0 Å². The van der Waals surface area contributed by atoms with Gasteiger partial charge in [0.1, 0.15) is 0 Å². The first-order valence-electron chi connectivity index (χ1n) is 7.23. The third kappa shape index (κ3) is 2.75. The van der Waals surface area contributed by atoms with E-state index in [1.807, 2.05) is 10.9 Å². The highest BCUT2D eigenvalue weighted by Gasteiger charge is 2.40. The Bertz CT molecular complexity index is 386. The molecule has 100 valence electrons. The van der Waals surface area contributed by atoms with E-state index in [0.29, 0.717) is 12.1 Å². The predicted octanol–water partition coefficient (Wildman–Crippen LogP) is 1.95. The molecule has 0 aromatic carbocycles. The second-order valence-electron chi connectivity index (χ2n) is 5.56. The van der Waals surface area contributed by atoms with Crippen LogP contribution in [0.1, 0.15) is 38.2 Å². The standard InChI is InChI=1S/C14H23N3O/c1-2-6-17-10-11(9-16-17)8-15-13-5-7-18-14(13)12-3-4-12/h9-10,12-15H,2-8H2,1H3. The number of ether oxygens (including phenoxy) is 1. The van der Waals surface area contributed by atoms with E-state index in [-0.39, 0.29) is 0 Å². The van der Waals surface area contributed by atoms with Crippen molar-refractivity contribution < 1.29 is 4.74 Å². The zero-order valence-corrected chi connectivity index (χ0v) is 11.1. The number of hydrogen-bond donors (Lipinski definition) is 1. The molecule has 4 nitrogen and oxygen atoms in total. The van der Waals surface area contributed by atoms with Gasteiger partial charge in [-0.1, -0.05) is 6.92 Å². The Balaban J connectivity index is 1.50. The minimum atomic E-state index is 0.468. The average Bonchev–Trinajstić information content (AvgIpc) is 2.94. The van der Waals surface area contributed by atoms with E-state index in [2.05, 4.69) is 23.5 Å². The van der Waals surface area contributed by atoms with E-state index < -0.39 is 0 Å². The summed E-state index contributed by atoms with van der Waals surface area (Å²) in [5.41, 5.74) is 1.28. The van der Waals surface area contributed by atoms with Crippen molar-refractivity contribution in [3.63, 3.8) is 0 Å². The van der Waals surface area contributed by atoms with Crippen molar-refractivity contribution in [1.82, 2.24) is 15.1 Å². The topological polar surface area (TPSA) is 39.1 Å². The maximum absolute atomic E-state index is 5.84. The zero-order chi connectivity index (χ0) is 12.4. The third-order valence-corrected chi connectivity index (χ3v) is 3.93. The van der Waals surface area contributed by atoms with Crippen molar-refractivity contribution in [2.45, 2.75) is 57.8 Å². The van der Waals surface area contributed by atoms with Gasteiger partial charge in [0.15, 0.2) is 0 Å². The van der Waals surface area contributed by atoms with E-state index in [1.54, 1.807) is 0 Å². The van der Waals surface area contributed by atoms with E-state index in [9.17, 15) is 0 Å². The lowest BCUT2D eigenvalue weighted by molar-refractivity contribution is 0.0809. The van der Waals surface area contributed by atoms with Gasteiger partial charge in [-0.15, -0.1) is 0 Å². The van der Waals surface area contributed by atoms with Crippen LogP contribution in [0.3, 0.4) is 0 Å². The Labute approximate surface area is 109 Å². The number of rotatable bonds is 6. The number of hydrogen-bond acceptors (Lipinski definition) is 3. The van der Waals surface area contributed by atoms with Crippen molar-refractivity contribution in [3.8, 4) is 0 Å². The molecule has 1 aromatic heterocycles. The van der Waals surface area contributed by atoms with Crippen LogP contribution in [-0.4, -0.2) is 28.5 Å². The molecular formula is C14H23N3O. The predicted molar refractivity (Wildman–Crippen MR) is 70.2 cm³/mol. The molecule has 1 N–H and O–H groups in total. The van der Waals surface area contributed by atoms with Gasteiger partial charge >= 0.3 is 0 Å². The molecule has 18 heavy (non-hydrogen) atoms. The lowest BCUT2D eigenvalue weighted by Gasteiger charge is -2.18. The molecule has 1 aromatic rings. The van der Waals surface area contributed by atoms with Crippen LogP contribution in [0.2, 0.25) is 0 Å². The van der Waals surface area contributed by atoms with Gasteiger partial charge in [0.2, 0.25) is 0 Å². The molecule has 2 heterocycles. The van der Waals surface area contributed by atoms with Crippen molar-refractivity contribution in [3.05, 3.63) is 18.0 Å². The molecule has 1 saturated carbocycles. The van der Waals surface area contributed by atoms with Crippen LogP contribution < -0.4 is 5.32 Å². The van der Waals surface area contributed by atoms with Crippen molar-refractivity contribution in [2.75, 3.05) is 6.61 Å². The summed E-state index contributed by atoms with van der Waals surface area (Å²) in [5, 5.41) is 8.01. The first-order valence-corrected chi connectivity index (χ1v) is 7.23. The largest absolute Gasteiger partial charge is 0.376 e. The summed E-state index contributed by atoms with van der Waals surface area (Å²) in [5.74, 6) is 0.827. The number of nitrogens with one attached hydrogen (secondary N) is 1. The molecule has 0 spiro atoms. The molecule has 3 rings (SSSR count). The molecule has 2 aliphatic rings. The van der Waals surface area contributed by atoms with Crippen LogP contribution >= 0.6 is 0 Å². The van der Waals surface area contributed by atoms with Crippen LogP contribution in [0.5, 0.6) is 0 Å². The van der Waals surface area contributed by atoms with Gasteiger partial charge in [0.05, 0.1) is 12.3 Å². The first-order chi connectivity index (χ1) is 8.86. The van der Waals surface area contributed by atoms with Crippen molar-refractivity contribution >= 4 is 0 Å². The van der Waals surface area contributed by atoms with Gasteiger partial charge in [0, 0.05) is 37.5 Å². The van der Waals surface area contributed by atoms with Gasteiger partial charge in [-0.2, -0.15) is 5.10 Å². The lowest BCUT2D eigenvalue weighted by atomic mass is 10.1. The van der Waals surface area contributed by atoms with Crippen LogP contribution in [0.4, 0.5) is 0 Å². The van der Waals surface area contributed by atoms with Crippen molar-refractivity contribution in [1.29, 1.82) is 0 Å². The van der Waals surface area contributed by atoms with E-state index in [0.717, 1.165) is 38.5 Å². The maximum atomic E-state index is 5.84. The normalized spacial score (nSPS) is 27.8. The number of aryl methyl sites for hydroxylation is 1. The third-order valence-electron chi connectivity index (χ3n) is 3.93. The van der Waals surface area contributed by atoms with Crippen molar-refractivity contribution in [2.24, 2.45) is 5.92 Å². The fourth-order valence-electron chi connectivity index (χ4n) is 2.82. The maximum Gasteiger partial charge on any atom is 0.0757 e. The molecule has 1 saturated heterocycles. The average molecular weight is 249 g/mol. The SMILES string of the molecule is CCCn1cc(CNC2CCOC2C2CC2)cn1. The summed E-state index contributed by atoms with van der Waals surface area (Å²) in [4.78, 5) is 0. The van der Waals surface area contributed by atoms with E-state index in [4.69, 9.17) is 4.74 Å². The number of nitrogens with zero attached hydrogens (tertiary/aromatic N) is 2. The Morgan fingerprint density at radius 2 is 2.33 bits per heavy atom. The molecule has 2 fully saturated rings. The highest BCUT2D eigenvalue weighted by atomic mass is 16.5. The minimum Gasteiger partial charge on any atom is -0.376 e. The van der Waals surface area contributed by atoms with E-state index in [1.165, 1.54) is 18.4 Å². The van der Waals surface area contributed by atoms with Crippen LogP contribution in [-0.2, 0) is 17.8 Å². The lowest BCUT2D eigenvalue weighted by Crippen LogP contribution is -2.37. The number of aromatic nitrogens is 2. The summed E-state index contributed by atoms with van der Waals surface area (Å²) in [6.45, 7) is 5.03.